The molecule has 202 valence electrons. The molecular weight excluding hydrogens is 484 g/mol. The number of benzene rings is 3. The fourth-order valence-electron chi connectivity index (χ4n) is 3.52. The van der Waals surface area contributed by atoms with Crippen molar-refractivity contribution in [2.75, 3.05) is 6.61 Å². The Morgan fingerprint density at radius 1 is 0.821 bits per heavy atom. The summed E-state index contributed by atoms with van der Waals surface area (Å²) in [6.07, 6.45) is 10.1. The molecule has 0 aromatic heterocycles. The van der Waals surface area contributed by atoms with Crippen molar-refractivity contribution in [2.45, 2.75) is 40.9 Å². The van der Waals surface area contributed by atoms with E-state index >= 15 is 0 Å². The topological polar surface area (TPSA) is 44.8 Å². The molecule has 0 aliphatic heterocycles. The van der Waals surface area contributed by atoms with Gasteiger partial charge >= 0.3 is 5.97 Å². The first-order valence-electron chi connectivity index (χ1n) is 13.2. The first-order valence-corrected chi connectivity index (χ1v) is 13.2. The van der Waals surface area contributed by atoms with Gasteiger partial charge in [0.2, 0.25) is 0 Å². The third kappa shape index (κ3) is 9.91. The molecule has 0 aliphatic rings. The zero-order valence-corrected chi connectivity index (χ0v) is 23.5. The van der Waals surface area contributed by atoms with Crippen LogP contribution >= 0.6 is 0 Å². The molecule has 3 aromatic rings. The van der Waals surface area contributed by atoms with Crippen molar-refractivity contribution in [2.24, 2.45) is 5.41 Å². The minimum Gasteiger partial charge on any atom is -0.465 e. The second-order valence-electron chi connectivity index (χ2n) is 10.1. The molecule has 1 atom stereocenters. The molecular formula is C35H38O4. The van der Waals surface area contributed by atoms with Crippen LogP contribution in [-0.2, 0) is 9.53 Å². The molecule has 0 N–H and O–H groups in total. The van der Waals surface area contributed by atoms with Crippen molar-refractivity contribution in [1.29, 1.82) is 0 Å². The van der Waals surface area contributed by atoms with E-state index in [1.807, 2.05) is 89.2 Å². The molecule has 0 bridgehead atoms. The van der Waals surface area contributed by atoms with Crippen LogP contribution in [0.5, 0.6) is 11.5 Å². The average molecular weight is 523 g/mol. The van der Waals surface area contributed by atoms with Crippen LogP contribution in [0.4, 0.5) is 0 Å². The van der Waals surface area contributed by atoms with Crippen LogP contribution in [0.25, 0.3) is 18.2 Å². The smallest absolute Gasteiger partial charge is 0.339 e. The van der Waals surface area contributed by atoms with Gasteiger partial charge < -0.3 is 14.2 Å². The lowest BCUT2D eigenvalue weighted by Gasteiger charge is -2.19. The summed E-state index contributed by atoms with van der Waals surface area (Å²) in [7, 11) is 0. The molecule has 3 rings (SSSR count). The van der Waals surface area contributed by atoms with E-state index in [9.17, 15) is 4.79 Å². The Hall–Kier alpha value is -4.15. The van der Waals surface area contributed by atoms with E-state index in [-0.39, 0.29) is 11.7 Å². The Bertz CT molecular complexity index is 1310. The third-order valence-electron chi connectivity index (χ3n) is 5.90. The van der Waals surface area contributed by atoms with E-state index in [2.05, 4.69) is 49.1 Å². The van der Waals surface area contributed by atoms with Gasteiger partial charge in [0.05, 0.1) is 0 Å². The van der Waals surface area contributed by atoms with Crippen LogP contribution in [0.2, 0.25) is 0 Å². The van der Waals surface area contributed by atoms with Gasteiger partial charge in [-0.05, 0) is 71.9 Å². The van der Waals surface area contributed by atoms with Gasteiger partial charge in [0, 0.05) is 12.2 Å². The van der Waals surface area contributed by atoms with E-state index < -0.39 is 5.97 Å². The van der Waals surface area contributed by atoms with Gasteiger partial charge in [-0.1, -0.05) is 106 Å². The normalized spacial score (nSPS) is 13.0. The van der Waals surface area contributed by atoms with Crippen LogP contribution in [0.1, 0.15) is 51.3 Å². The van der Waals surface area contributed by atoms with E-state index in [0.717, 1.165) is 28.0 Å². The molecule has 0 spiro atoms. The second kappa shape index (κ2) is 14.1. The van der Waals surface area contributed by atoms with Gasteiger partial charge in [-0.25, -0.2) is 4.79 Å². The number of carbonyl (C=O) groups is 1. The number of rotatable bonds is 11. The third-order valence-corrected chi connectivity index (χ3v) is 5.90. The molecule has 4 nitrogen and oxygen atoms in total. The SMILES string of the molecule is C=C(C(=O)Oc1ccc(C=C(C=Cc2ccccc2)C=Cc2ccc(OC(C)OCC)cc2)cc1)C(C)(C)C. The maximum Gasteiger partial charge on any atom is 0.339 e. The Balaban J connectivity index is 1.78. The number of hydrogen-bond donors (Lipinski definition) is 0. The summed E-state index contributed by atoms with van der Waals surface area (Å²) >= 11 is 0. The lowest BCUT2D eigenvalue weighted by Crippen LogP contribution is -2.21. The molecule has 3 aromatic carbocycles. The zero-order valence-electron chi connectivity index (χ0n) is 23.5. The molecule has 0 heterocycles. The summed E-state index contributed by atoms with van der Waals surface area (Å²) in [6, 6.07) is 25.5. The largest absolute Gasteiger partial charge is 0.465 e. The maximum absolute atomic E-state index is 12.4. The van der Waals surface area contributed by atoms with Crippen LogP contribution in [0, 0.1) is 5.41 Å². The fourth-order valence-corrected chi connectivity index (χ4v) is 3.52. The number of hydrogen-bond acceptors (Lipinski definition) is 4. The quantitative estimate of drug-likeness (QED) is 0.0830. The highest BCUT2D eigenvalue weighted by molar-refractivity contribution is 5.90. The highest BCUT2D eigenvalue weighted by Gasteiger charge is 2.23. The van der Waals surface area contributed by atoms with E-state index in [4.69, 9.17) is 14.2 Å². The van der Waals surface area contributed by atoms with E-state index in [1.165, 1.54) is 0 Å². The minimum atomic E-state index is -0.413. The van der Waals surface area contributed by atoms with Crippen LogP contribution in [-0.4, -0.2) is 18.9 Å². The Kier molecular flexibility index (Phi) is 10.7. The Morgan fingerprint density at radius 3 is 1.92 bits per heavy atom. The maximum atomic E-state index is 12.4. The van der Waals surface area contributed by atoms with Crippen molar-refractivity contribution in [1.82, 2.24) is 0 Å². The number of ether oxygens (including phenoxy) is 3. The van der Waals surface area contributed by atoms with Crippen molar-refractivity contribution in [3.63, 3.8) is 0 Å². The number of esters is 1. The monoisotopic (exact) mass is 522 g/mol. The van der Waals surface area contributed by atoms with Crippen LogP contribution < -0.4 is 9.47 Å². The van der Waals surface area contributed by atoms with Gasteiger partial charge in [0.15, 0.2) is 6.29 Å². The second-order valence-corrected chi connectivity index (χ2v) is 10.1. The predicted molar refractivity (Wildman–Crippen MR) is 161 cm³/mol. The van der Waals surface area contributed by atoms with E-state index in [1.54, 1.807) is 12.1 Å². The van der Waals surface area contributed by atoms with Gasteiger partial charge in [0.25, 0.3) is 0 Å². The molecule has 1 unspecified atom stereocenters. The molecule has 4 heteroatoms. The first-order chi connectivity index (χ1) is 18.6. The first kappa shape index (κ1) is 29.4. The molecule has 39 heavy (non-hydrogen) atoms. The number of carbonyl (C=O) groups excluding carboxylic acids is 1. The predicted octanol–water partition coefficient (Wildman–Crippen LogP) is 8.77. The van der Waals surface area contributed by atoms with Gasteiger partial charge in [-0.2, -0.15) is 0 Å². The van der Waals surface area contributed by atoms with Crippen molar-refractivity contribution in [3.8, 4) is 11.5 Å². The Morgan fingerprint density at radius 2 is 1.36 bits per heavy atom. The van der Waals surface area contributed by atoms with E-state index in [0.29, 0.717) is 17.9 Å². The zero-order chi connectivity index (χ0) is 28.3. The summed E-state index contributed by atoms with van der Waals surface area (Å²) in [5.41, 5.74) is 4.25. The Labute approximate surface area is 232 Å². The van der Waals surface area contributed by atoms with Gasteiger partial charge in [0.1, 0.15) is 11.5 Å². The lowest BCUT2D eigenvalue weighted by molar-refractivity contribution is -0.131. The van der Waals surface area contributed by atoms with Crippen molar-refractivity contribution >= 4 is 24.2 Å². The minimum absolute atomic E-state index is 0.290. The summed E-state index contributed by atoms with van der Waals surface area (Å²) < 4.78 is 16.7. The molecule has 0 amide bonds. The molecule has 0 saturated carbocycles. The molecule has 0 fully saturated rings. The summed E-state index contributed by atoms with van der Waals surface area (Å²) in [5, 5.41) is 0. The fraction of sp³-hybridized carbons (Fsp3) is 0.229. The highest BCUT2D eigenvalue weighted by atomic mass is 16.7. The summed E-state index contributed by atoms with van der Waals surface area (Å²) in [5.74, 6) is 0.837. The summed E-state index contributed by atoms with van der Waals surface area (Å²) in [4.78, 5) is 12.4. The molecule has 0 aliphatic carbocycles. The average Bonchev–Trinajstić information content (AvgIpc) is 2.91. The lowest BCUT2D eigenvalue weighted by atomic mass is 9.88. The molecule has 0 saturated heterocycles. The van der Waals surface area contributed by atoms with Crippen LogP contribution in [0.15, 0.2) is 109 Å². The molecule has 0 radical (unpaired) electrons. The van der Waals surface area contributed by atoms with Gasteiger partial charge in [-0.15, -0.1) is 0 Å². The van der Waals surface area contributed by atoms with Crippen molar-refractivity contribution in [3.05, 3.63) is 125 Å². The standard InChI is InChI=1S/C35H38O4/c1-7-37-27(3)38-32-21-17-29(18-22-32)14-16-30(15-13-28-11-9-8-10-12-28)25-31-19-23-33(24-20-31)39-34(36)26(2)35(4,5)6/h8-25,27H,2,7H2,1,3-6H3. The van der Waals surface area contributed by atoms with Crippen LogP contribution in [0.3, 0.4) is 0 Å². The highest BCUT2D eigenvalue weighted by Crippen LogP contribution is 2.26. The van der Waals surface area contributed by atoms with Crippen molar-refractivity contribution < 1.29 is 19.0 Å². The number of allylic oxidation sites excluding steroid dienone is 3. The summed E-state index contributed by atoms with van der Waals surface area (Å²) in [6.45, 7) is 14.1. The van der Waals surface area contributed by atoms with Gasteiger partial charge in [-0.3, -0.25) is 0 Å².